The lowest BCUT2D eigenvalue weighted by atomic mass is 9.78. The van der Waals surface area contributed by atoms with E-state index in [9.17, 15) is 0 Å². The molecule has 4 aromatic rings. The van der Waals surface area contributed by atoms with E-state index in [-0.39, 0.29) is 11.2 Å². The van der Waals surface area contributed by atoms with Gasteiger partial charge in [-0.3, -0.25) is 0 Å². The fourth-order valence-electron chi connectivity index (χ4n) is 4.54. The number of hydrogen-bond acceptors (Lipinski definition) is 4. The highest BCUT2D eigenvalue weighted by molar-refractivity contribution is 6.62. The first-order chi connectivity index (χ1) is 18.6. The zero-order valence-corrected chi connectivity index (χ0v) is 22.9. The monoisotopic (exact) mass is 512 g/mol. The molecule has 0 atom stereocenters. The Kier molecular flexibility index (Phi) is 7.22. The highest BCUT2D eigenvalue weighted by Crippen LogP contribution is 2.37. The van der Waals surface area contributed by atoms with Gasteiger partial charge in [-0.05, 0) is 84.8 Å². The molecule has 0 radical (unpaired) electrons. The molecular formula is C34H33BN2O2. The van der Waals surface area contributed by atoms with Gasteiger partial charge in [0.15, 0.2) is 0 Å². The zero-order valence-electron chi connectivity index (χ0n) is 22.9. The van der Waals surface area contributed by atoms with Crippen molar-refractivity contribution in [2.75, 3.05) is 0 Å². The van der Waals surface area contributed by atoms with Crippen LogP contribution in [0.1, 0.15) is 38.8 Å². The highest BCUT2D eigenvalue weighted by Gasteiger charge is 2.51. The summed E-state index contributed by atoms with van der Waals surface area (Å²) in [5, 5.41) is 16.7. The highest BCUT2D eigenvalue weighted by atomic mass is 16.7. The van der Waals surface area contributed by atoms with E-state index in [1.54, 1.807) is 12.2 Å². The van der Waals surface area contributed by atoms with Crippen LogP contribution in [-0.2, 0) is 9.31 Å². The van der Waals surface area contributed by atoms with E-state index in [2.05, 4.69) is 70.2 Å². The second kappa shape index (κ2) is 10.6. The van der Waals surface area contributed by atoms with Crippen LogP contribution in [0.4, 0.5) is 0 Å². The van der Waals surface area contributed by atoms with Crippen molar-refractivity contribution in [1.82, 2.24) is 0 Å². The summed E-state index contributed by atoms with van der Waals surface area (Å²) in [5.41, 5.74) is 7.05. The second-order valence-electron chi connectivity index (χ2n) is 10.9. The molecule has 1 aliphatic rings. The third-order valence-corrected chi connectivity index (χ3v) is 7.64. The van der Waals surface area contributed by atoms with Crippen molar-refractivity contribution in [3.8, 4) is 22.3 Å². The molecule has 0 aromatic heterocycles. The van der Waals surface area contributed by atoms with Crippen LogP contribution in [0.3, 0.4) is 0 Å². The van der Waals surface area contributed by atoms with Gasteiger partial charge in [0, 0.05) is 0 Å². The molecule has 5 rings (SSSR count). The summed E-state index contributed by atoms with van der Waals surface area (Å²) in [4.78, 5) is 0. The van der Waals surface area contributed by atoms with Gasteiger partial charge in [-0.25, -0.2) is 0 Å². The van der Waals surface area contributed by atoms with Crippen molar-refractivity contribution in [2.45, 2.75) is 38.9 Å². The summed E-state index contributed by atoms with van der Waals surface area (Å²) in [7, 11) is -0.397. The van der Waals surface area contributed by atoms with Crippen molar-refractivity contribution in [1.29, 1.82) is 10.8 Å². The second-order valence-corrected chi connectivity index (χ2v) is 10.9. The van der Waals surface area contributed by atoms with Gasteiger partial charge in [0.2, 0.25) is 0 Å². The van der Waals surface area contributed by atoms with Gasteiger partial charge in [-0.1, -0.05) is 97.1 Å². The van der Waals surface area contributed by atoms with Gasteiger partial charge >= 0.3 is 7.12 Å². The first kappa shape index (κ1) is 26.5. The Hall–Kier alpha value is -4.06. The van der Waals surface area contributed by atoms with E-state index in [0.29, 0.717) is 11.4 Å². The molecule has 0 unspecified atom stereocenters. The predicted octanol–water partition coefficient (Wildman–Crippen LogP) is 7.31. The smallest absolute Gasteiger partial charge is 0.399 e. The molecule has 0 amide bonds. The molecule has 194 valence electrons. The van der Waals surface area contributed by atoms with E-state index in [0.717, 1.165) is 38.8 Å². The Bertz CT molecular complexity index is 1520. The van der Waals surface area contributed by atoms with E-state index in [1.165, 1.54) is 0 Å². The quantitative estimate of drug-likeness (QED) is 0.201. The maximum Gasteiger partial charge on any atom is 0.494 e. The minimum atomic E-state index is -0.397. The van der Waals surface area contributed by atoms with Crippen LogP contribution in [0.15, 0.2) is 115 Å². The van der Waals surface area contributed by atoms with Crippen LogP contribution >= 0.6 is 0 Å². The van der Waals surface area contributed by atoms with Gasteiger partial charge in [-0.15, -0.1) is 0 Å². The molecule has 0 spiro atoms. The molecule has 4 aromatic carbocycles. The Balaban J connectivity index is 1.32. The van der Waals surface area contributed by atoms with Gasteiger partial charge < -0.3 is 20.1 Å². The van der Waals surface area contributed by atoms with E-state index >= 15 is 0 Å². The number of hydrogen-bond donors (Lipinski definition) is 2. The molecule has 1 aliphatic heterocycles. The van der Waals surface area contributed by atoms with Gasteiger partial charge in [0.05, 0.1) is 22.6 Å². The summed E-state index contributed by atoms with van der Waals surface area (Å²) < 4.78 is 12.5. The average Bonchev–Trinajstić information content (AvgIpc) is 3.18. The van der Waals surface area contributed by atoms with Crippen LogP contribution in [0, 0.1) is 10.8 Å². The maximum absolute atomic E-state index is 8.44. The summed E-state index contributed by atoms with van der Waals surface area (Å²) in [6, 6.07) is 34.4. The largest absolute Gasteiger partial charge is 0.494 e. The van der Waals surface area contributed by atoms with E-state index in [4.69, 9.17) is 20.1 Å². The third kappa shape index (κ3) is 5.70. The number of allylic oxidation sites excluding steroid dienone is 2. The van der Waals surface area contributed by atoms with E-state index < -0.39 is 7.12 Å². The minimum absolute atomic E-state index is 0.371. The Morgan fingerprint density at radius 2 is 1.05 bits per heavy atom. The number of benzene rings is 4. The first-order valence-corrected chi connectivity index (χ1v) is 13.2. The molecule has 2 N–H and O–H groups in total. The lowest BCUT2D eigenvalue weighted by molar-refractivity contribution is 0.00578. The minimum Gasteiger partial charge on any atom is -0.399 e. The molecular weight excluding hydrogens is 479 g/mol. The molecule has 1 fully saturated rings. The molecule has 1 saturated heterocycles. The van der Waals surface area contributed by atoms with Crippen LogP contribution in [0.25, 0.3) is 22.3 Å². The topological polar surface area (TPSA) is 66.2 Å². The molecule has 5 heteroatoms. The maximum atomic E-state index is 8.44. The predicted molar refractivity (Wildman–Crippen MR) is 162 cm³/mol. The Morgan fingerprint density at radius 1 is 0.564 bits per heavy atom. The first-order valence-electron chi connectivity index (χ1n) is 13.2. The van der Waals surface area contributed by atoms with Gasteiger partial charge in [0.25, 0.3) is 0 Å². The van der Waals surface area contributed by atoms with Gasteiger partial charge in [0.1, 0.15) is 0 Å². The normalized spacial score (nSPS) is 15.9. The lowest BCUT2D eigenvalue weighted by Gasteiger charge is -2.32. The van der Waals surface area contributed by atoms with Gasteiger partial charge in [-0.2, -0.15) is 0 Å². The average molecular weight is 512 g/mol. The molecule has 0 saturated carbocycles. The number of nitrogens with one attached hydrogen (secondary N) is 2. The standard InChI is InChI=1S/C34H33BN2O2/c1-33(2)34(3,4)39-35(38-33)30-15-9-14-29(23-30)28-13-8-12-27(22-28)24-16-18-26(19-17-24)32(37)21-20-31(36)25-10-6-5-7-11-25/h5-23,36-37H,1-4H3/b21-20-,36-31?,37-32?. The SMILES string of the molecule is CC1(C)OB(c2cccc(-c3cccc(-c4ccc(C(=N)/C=C\C(=N)c5ccccc5)cc4)c3)c2)OC1(C)C. The molecule has 4 nitrogen and oxygen atoms in total. The Morgan fingerprint density at radius 3 is 1.64 bits per heavy atom. The molecule has 1 heterocycles. The lowest BCUT2D eigenvalue weighted by Crippen LogP contribution is -2.41. The third-order valence-electron chi connectivity index (χ3n) is 7.64. The van der Waals surface area contributed by atoms with Crippen molar-refractivity contribution >= 4 is 24.0 Å². The summed E-state index contributed by atoms with van der Waals surface area (Å²) in [6.45, 7) is 8.27. The number of rotatable bonds is 7. The van der Waals surface area contributed by atoms with Crippen LogP contribution in [0.5, 0.6) is 0 Å². The summed E-state index contributed by atoms with van der Waals surface area (Å²) >= 11 is 0. The van der Waals surface area contributed by atoms with Crippen LogP contribution in [-0.4, -0.2) is 29.7 Å². The molecule has 0 aliphatic carbocycles. The van der Waals surface area contributed by atoms with Crippen molar-refractivity contribution in [2.24, 2.45) is 0 Å². The zero-order chi connectivity index (χ0) is 27.6. The van der Waals surface area contributed by atoms with Crippen LogP contribution < -0.4 is 5.46 Å². The summed E-state index contributed by atoms with van der Waals surface area (Å²) in [5.74, 6) is 0. The van der Waals surface area contributed by atoms with Crippen molar-refractivity contribution in [3.63, 3.8) is 0 Å². The Labute approximate surface area is 231 Å². The van der Waals surface area contributed by atoms with E-state index in [1.807, 2.05) is 60.7 Å². The van der Waals surface area contributed by atoms with Crippen molar-refractivity contribution < 1.29 is 9.31 Å². The fourth-order valence-corrected chi connectivity index (χ4v) is 4.54. The molecule has 0 bridgehead atoms. The fraction of sp³-hybridized carbons (Fsp3) is 0.176. The van der Waals surface area contributed by atoms with Crippen LogP contribution in [0.2, 0.25) is 0 Å². The summed E-state index contributed by atoms with van der Waals surface area (Å²) in [6.07, 6.45) is 3.35. The molecule has 39 heavy (non-hydrogen) atoms. The van der Waals surface area contributed by atoms with Crippen molar-refractivity contribution in [3.05, 3.63) is 126 Å².